The van der Waals surface area contributed by atoms with Crippen molar-refractivity contribution in [2.45, 2.75) is 8.34 Å². The highest BCUT2D eigenvalue weighted by Crippen LogP contribution is 2.43. The summed E-state index contributed by atoms with van der Waals surface area (Å²) in [5, 5.41) is -4.30. The minimum absolute atomic E-state index is 0.216. The Morgan fingerprint density at radius 2 is 1.38 bits per heavy atom. The van der Waals surface area contributed by atoms with Crippen LogP contribution in [0.2, 0.25) is 10.0 Å². The summed E-state index contributed by atoms with van der Waals surface area (Å²) in [5.41, 5.74) is -1.26. The van der Waals surface area contributed by atoms with Crippen LogP contribution in [0.25, 0.3) is 0 Å². The van der Waals surface area contributed by atoms with E-state index in [1.165, 1.54) is 0 Å². The van der Waals surface area contributed by atoms with Gasteiger partial charge in [-0.05, 0) is 35.7 Å². The Labute approximate surface area is 173 Å². The molecule has 0 N–H and O–H groups in total. The van der Waals surface area contributed by atoms with Crippen LogP contribution in [0.5, 0.6) is 0 Å². The van der Waals surface area contributed by atoms with Gasteiger partial charge in [0, 0.05) is 0 Å². The number of thioether (sulfide) groups is 2. The van der Waals surface area contributed by atoms with Gasteiger partial charge in [0.2, 0.25) is 0 Å². The molecular formula is C10H4Cl6F2N2O2S2. The highest BCUT2D eigenvalue weighted by atomic mass is 35.5. The standard InChI is InChI=1S/C10H4Cl6F2N2O2S2/c11-3-1-2-4(19(17)9(21)23-7(13)14)5(12)6(3)20(18)10(22)24-8(15)16/h1-2,7-8H. The van der Waals surface area contributed by atoms with Gasteiger partial charge in [-0.1, -0.05) is 78.6 Å². The SMILES string of the molecule is O=C(SC(Cl)Cl)N(F)c1ccc(Cl)c(N(F)C(=O)SC(Cl)Cl)c1Cl. The highest BCUT2D eigenvalue weighted by Gasteiger charge is 2.29. The Morgan fingerprint density at radius 1 is 0.917 bits per heavy atom. The number of hydrogen-bond acceptors (Lipinski definition) is 4. The predicted molar refractivity (Wildman–Crippen MR) is 101 cm³/mol. The van der Waals surface area contributed by atoms with Gasteiger partial charge >= 0.3 is 10.5 Å². The summed E-state index contributed by atoms with van der Waals surface area (Å²) in [7, 11) is 0. The van der Waals surface area contributed by atoms with Gasteiger partial charge in [-0.3, -0.25) is 9.59 Å². The van der Waals surface area contributed by atoms with E-state index in [1.54, 1.807) is 0 Å². The van der Waals surface area contributed by atoms with Crippen molar-refractivity contribution in [3.05, 3.63) is 22.2 Å². The zero-order valence-electron chi connectivity index (χ0n) is 10.9. The van der Waals surface area contributed by atoms with E-state index in [1.807, 2.05) is 0 Å². The molecule has 0 aliphatic carbocycles. The van der Waals surface area contributed by atoms with E-state index in [-0.39, 0.29) is 28.5 Å². The molecule has 0 aromatic heterocycles. The van der Waals surface area contributed by atoms with Crippen molar-refractivity contribution >= 4 is 115 Å². The first-order chi connectivity index (χ1) is 11.1. The Bertz CT molecular complexity index is 640. The normalized spacial score (nSPS) is 11.1. The van der Waals surface area contributed by atoms with E-state index >= 15 is 0 Å². The van der Waals surface area contributed by atoms with Crippen LogP contribution < -0.4 is 10.2 Å². The second-order valence-corrected chi connectivity index (χ2v) is 9.71. The number of alkyl halides is 4. The first kappa shape index (κ1) is 22.5. The molecule has 0 heterocycles. The van der Waals surface area contributed by atoms with Crippen LogP contribution in [0.3, 0.4) is 0 Å². The molecule has 24 heavy (non-hydrogen) atoms. The van der Waals surface area contributed by atoms with Crippen LogP contribution in [0, 0.1) is 0 Å². The first-order valence-corrected chi connectivity index (χ1v) is 9.69. The molecule has 0 radical (unpaired) electrons. The fraction of sp³-hybridized carbons (Fsp3) is 0.200. The van der Waals surface area contributed by atoms with Gasteiger partial charge in [-0.2, -0.15) is 0 Å². The number of carbonyl (C=O) groups excluding carboxylic acids is 2. The minimum atomic E-state index is -1.25. The average Bonchev–Trinajstić information content (AvgIpc) is 2.45. The van der Waals surface area contributed by atoms with Gasteiger partial charge < -0.3 is 0 Å². The van der Waals surface area contributed by atoms with Crippen LogP contribution in [-0.4, -0.2) is 18.8 Å². The number of anilines is 2. The van der Waals surface area contributed by atoms with Crippen LogP contribution >= 0.6 is 93.1 Å². The highest BCUT2D eigenvalue weighted by molar-refractivity contribution is 8.16. The van der Waals surface area contributed by atoms with Crippen molar-refractivity contribution in [1.29, 1.82) is 0 Å². The van der Waals surface area contributed by atoms with E-state index in [0.717, 1.165) is 12.1 Å². The lowest BCUT2D eigenvalue weighted by Crippen LogP contribution is -2.21. The summed E-state index contributed by atoms with van der Waals surface area (Å²) < 4.78 is 25.8. The quantitative estimate of drug-likeness (QED) is 0.316. The minimum Gasteiger partial charge on any atom is -0.259 e. The lowest BCUT2D eigenvalue weighted by Gasteiger charge is -2.19. The number of halogens is 8. The van der Waals surface area contributed by atoms with E-state index in [2.05, 4.69) is 0 Å². The smallest absolute Gasteiger partial charge is 0.259 e. The largest absolute Gasteiger partial charge is 0.316 e. The maximum Gasteiger partial charge on any atom is 0.316 e. The topological polar surface area (TPSA) is 40.6 Å². The van der Waals surface area contributed by atoms with Gasteiger partial charge in [0.1, 0.15) is 5.69 Å². The van der Waals surface area contributed by atoms with Crippen molar-refractivity contribution in [2.75, 3.05) is 10.2 Å². The molecule has 0 spiro atoms. The van der Waals surface area contributed by atoms with Crippen LogP contribution in [0.4, 0.5) is 29.9 Å². The Morgan fingerprint density at radius 3 is 1.83 bits per heavy atom. The summed E-state index contributed by atoms with van der Waals surface area (Å²) in [6.07, 6.45) is 0. The zero-order chi connectivity index (χ0) is 18.6. The maximum atomic E-state index is 14.2. The number of rotatable bonds is 4. The molecule has 0 bridgehead atoms. The van der Waals surface area contributed by atoms with Gasteiger partial charge in [-0.15, -0.1) is 10.2 Å². The van der Waals surface area contributed by atoms with Crippen LogP contribution in [0.15, 0.2) is 12.1 Å². The number of hydrogen-bond donors (Lipinski definition) is 0. The fourth-order valence-corrected chi connectivity index (χ4v) is 3.48. The number of amides is 2. The molecule has 1 aromatic rings. The molecule has 0 unspecified atom stereocenters. The lowest BCUT2D eigenvalue weighted by atomic mass is 10.2. The molecule has 4 nitrogen and oxygen atoms in total. The molecule has 0 atom stereocenters. The number of nitrogens with zero attached hydrogens (tertiary/aromatic N) is 2. The monoisotopic (exact) mass is 496 g/mol. The van der Waals surface area contributed by atoms with Crippen molar-refractivity contribution in [1.82, 2.24) is 0 Å². The summed E-state index contributed by atoms with van der Waals surface area (Å²) in [4.78, 5) is 23.2. The van der Waals surface area contributed by atoms with E-state index in [0.29, 0.717) is 0 Å². The third-order valence-electron chi connectivity index (χ3n) is 2.15. The number of benzene rings is 1. The van der Waals surface area contributed by atoms with Gasteiger partial charge in [0.05, 0.1) is 15.7 Å². The number of carbonyl (C=O) groups is 2. The second-order valence-electron chi connectivity index (χ2n) is 3.58. The van der Waals surface area contributed by atoms with Crippen molar-refractivity contribution in [3.63, 3.8) is 0 Å². The molecule has 14 heteroatoms. The molecule has 0 aliphatic heterocycles. The van der Waals surface area contributed by atoms with Crippen LogP contribution in [-0.2, 0) is 0 Å². The van der Waals surface area contributed by atoms with Crippen LogP contribution in [0.1, 0.15) is 0 Å². The van der Waals surface area contributed by atoms with E-state index < -0.39 is 45.5 Å². The summed E-state index contributed by atoms with van der Waals surface area (Å²) in [5.74, 6) is 0. The lowest BCUT2D eigenvalue weighted by molar-refractivity contribution is 0.254. The van der Waals surface area contributed by atoms with Gasteiger partial charge in [-0.25, -0.2) is 0 Å². The third-order valence-corrected chi connectivity index (χ3v) is 4.98. The summed E-state index contributed by atoms with van der Waals surface area (Å²) in [6.45, 7) is 0. The molecule has 0 fully saturated rings. The van der Waals surface area contributed by atoms with Crippen molar-refractivity contribution in [2.24, 2.45) is 0 Å². The molecule has 1 rings (SSSR count). The zero-order valence-corrected chi connectivity index (χ0v) is 17.0. The molecule has 0 saturated carbocycles. The molecule has 0 saturated heterocycles. The second kappa shape index (κ2) is 9.97. The van der Waals surface area contributed by atoms with E-state index in [4.69, 9.17) is 69.6 Å². The third kappa shape index (κ3) is 6.02. The molecule has 1 aromatic carbocycles. The summed E-state index contributed by atoms with van der Waals surface area (Å²) in [6, 6.07) is 2.03. The van der Waals surface area contributed by atoms with Gasteiger partial charge in [0.25, 0.3) is 0 Å². The molecule has 0 aliphatic rings. The van der Waals surface area contributed by atoms with Gasteiger partial charge in [0.15, 0.2) is 8.34 Å². The molecule has 2 amide bonds. The van der Waals surface area contributed by atoms with Crippen molar-refractivity contribution < 1.29 is 18.6 Å². The van der Waals surface area contributed by atoms with E-state index in [9.17, 15) is 18.6 Å². The first-order valence-electron chi connectivity index (χ1n) is 5.43. The maximum absolute atomic E-state index is 14.2. The molecule has 134 valence electrons. The molecular weight excluding hydrogens is 495 g/mol. The Balaban J connectivity index is 3.20. The Hall–Kier alpha value is 0.460. The van der Waals surface area contributed by atoms with Crippen molar-refractivity contribution in [3.8, 4) is 0 Å². The average molecular weight is 499 g/mol. The fourth-order valence-electron chi connectivity index (χ4n) is 1.30. The predicted octanol–water partition coefficient (Wildman–Crippen LogP) is 7.60. The Kier molecular flexibility index (Phi) is 9.34. The summed E-state index contributed by atoms with van der Waals surface area (Å²) >= 11 is 33.5.